The summed E-state index contributed by atoms with van der Waals surface area (Å²) >= 11 is 0. The van der Waals surface area contributed by atoms with Crippen molar-refractivity contribution < 1.29 is 4.79 Å². The summed E-state index contributed by atoms with van der Waals surface area (Å²) < 4.78 is 0. The Balaban J connectivity index is 2.02. The predicted molar refractivity (Wildman–Crippen MR) is 70.7 cm³/mol. The monoisotopic (exact) mass is 248 g/mol. The lowest BCUT2D eigenvalue weighted by Gasteiger charge is -2.05. The number of benzene rings is 1. The molecular formula is C12H16N4O2. The number of fused-ring (bicyclic) bond motifs is 1. The second kappa shape index (κ2) is 5.50. The van der Waals surface area contributed by atoms with Crippen LogP contribution in [0.1, 0.15) is 12.8 Å². The first-order valence-corrected chi connectivity index (χ1v) is 5.85. The highest BCUT2D eigenvalue weighted by molar-refractivity contribution is 5.92. The van der Waals surface area contributed by atoms with Crippen LogP contribution in [0.4, 0.5) is 5.69 Å². The van der Waals surface area contributed by atoms with E-state index >= 15 is 0 Å². The molecule has 96 valence electrons. The molecule has 2 aromatic rings. The van der Waals surface area contributed by atoms with E-state index in [1.54, 1.807) is 18.2 Å². The summed E-state index contributed by atoms with van der Waals surface area (Å²) in [6.45, 7) is 0.817. The summed E-state index contributed by atoms with van der Waals surface area (Å²) in [7, 11) is 1.86. The number of carbonyl (C=O) groups excluding carboxylic acids is 1. The van der Waals surface area contributed by atoms with Crippen molar-refractivity contribution in [3.63, 3.8) is 0 Å². The van der Waals surface area contributed by atoms with Crippen molar-refractivity contribution in [3.05, 3.63) is 28.7 Å². The van der Waals surface area contributed by atoms with Gasteiger partial charge in [-0.3, -0.25) is 4.79 Å². The van der Waals surface area contributed by atoms with Crippen LogP contribution >= 0.6 is 0 Å². The van der Waals surface area contributed by atoms with E-state index in [4.69, 9.17) is 0 Å². The topological polar surface area (TPSA) is 89.8 Å². The van der Waals surface area contributed by atoms with Crippen LogP contribution in [0.25, 0.3) is 11.0 Å². The van der Waals surface area contributed by atoms with Crippen molar-refractivity contribution in [2.24, 2.45) is 0 Å². The Morgan fingerprint density at radius 3 is 2.83 bits per heavy atom. The quantitative estimate of drug-likeness (QED) is 0.590. The van der Waals surface area contributed by atoms with Gasteiger partial charge in [0.05, 0.1) is 11.0 Å². The van der Waals surface area contributed by atoms with Crippen LogP contribution in [0.2, 0.25) is 0 Å². The van der Waals surface area contributed by atoms with E-state index < -0.39 is 0 Å². The summed E-state index contributed by atoms with van der Waals surface area (Å²) in [5.41, 5.74) is 1.86. The molecule has 2 rings (SSSR count). The van der Waals surface area contributed by atoms with Gasteiger partial charge in [-0.05, 0) is 38.2 Å². The normalized spacial score (nSPS) is 10.7. The Hall–Kier alpha value is -2.08. The summed E-state index contributed by atoms with van der Waals surface area (Å²) in [5.74, 6) is -0.0255. The van der Waals surface area contributed by atoms with Gasteiger partial charge in [0.15, 0.2) is 0 Å². The molecule has 0 saturated carbocycles. The van der Waals surface area contributed by atoms with Gasteiger partial charge in [0.2, 0.25) is 5.91 Å². The van der Waals surface area contributed by atoms with Gasteiger partial charge in [-0.15, -0.1) is 0 Å². The number of carbonyl (C=O) groups is 1. The van der Waals surface area contributed by atoms with Crippen molar-refractivity contribution in [1.82, 2.24) is 15.3 Å². The Morgan fingerprint density at radius 1 is 1.28 bits per heavy atom. The standard InChI is InChI=1S/C12H16N4O2/c1-13-6-2-3-11(17)14-8-4-5-9-10(7-8)16-12(18)15-9/h4-5,7,13H,2-3,6H2,1H3,(H,14,17)(H2,15,16,18). The number of hydrogen-bond acceptors (Lipinski definition) is 3. The zero-order valence-corrected chi connectivity index (χ0v) is 10.2. The van der Waals surface area contributed by atoms with E-state index in [2.05, 4.69) is 20.6 Å². The molecule has 0 aliphatic rings. The van der Waals surface area contributed by atoms with Gasteiger partial charge in [0.25, 0.3) is 0 Å². The van der Waals surface area contributed by atoms with Crippen molar-refractivity contribution >= 4 is 22.6 Å². The molecular weight excluding hydrogens is 232 g/mol. The van der Waals surface area contributed by atoms with E-state index in [1.165, 1.54) is 0 Å². The Kier molecular flexibility index (Phi) is 3.78. The van der Waals surface area contributed by atoms with Gasteiger partial charge in [-0.25, -0.2) is 4.79 Å². The van der Waals surface area contributed by atoms with Crippen LogP contribution in [0.5, 0.6) is 0 Å². The molecule has 6 nitrogen and oxygen atoms in total. The highest BCUT2D eigenvalue weighted by atomic mass is 16.1. The lowest BCUT2D eigenvalue weighted by atomic mass is 10.2. The number of aromatic amines is 2. The predicted octanol–water partition coefficient (Wildman–Crippen LogP) is 0.794. The Bertz CT molecular complexity index is 599. The van der Waals surface area contributed by atoms with Gasteiger partial charge < -0.3 is 20.6 Å². The molecule has 1 heterocycles. The SMILES string of the molecule is CNCCCC(=O)Nc1ccc2[nH]c(=O)[nH]c2c1. The minimum Gasteiger partial charge on any atom is -0.326 e. The lowest BCUT2D eigenvalue weighted by molar-refractivity contribution is -0.116. The molecule has 0 unspecified atom stereocenters. The molecule has 4 N–H and O–H groups in total. The number of nitrogens with one attached hydrogen (secondary N) is 4. The van der Waals surface area contributed by atoms with Crippen molar-refractivity contribution in [3.8, 4) is 0 Å². The number of amides is 1. The van der Waals surface area contributed by atoms with E-state index in [0.29, 0.717) is 17.6 Å². The van der Waals surface area contributed by atoms with Gasteiger partial charge in [-0.1, -0.05) is 0 Å². The van der Waals surface area contributed by atoms with E-state index in [-0.39, 0.29) is 11.6 Å². The number of H-pyrrole nitrogens is 2. The fourth-order valence-corrected chi connectivity index (χ4v) is 1.76. The molecule has 0 fully saturated rings. The number of aromatic nitrogens is 2. The van der Waals surface area contributed by atoms with Crippen LogP contribution in [0.15, 0.2) is 23.0 Å². The average Bonchev–Trinajstić information content (AvgIpc) is 2.69. The highest BCUT2D eigenvalue weighted by Gasteiger charge is 2.04. The zero-order chi connectivity index (χ0) is 13.0. The third-order valence-corrected chi connectivity index (χ3v) is 2.63. The summed E-state index contributed by atoms with van der Waals surface area (Å²) in [6.07, 6.45) is 1.27. The fourth-order valence-electron chi connectivity index (χ4n) is 1.76. The molecule has 1 aromatic heterocycles. The third kappa shape index (κ3) is 2.98. The van der Waals surface area contributed by atoms with Crippen LogP contribution < -0.4 is 16.3 Å². The first-order valence-electron chi connectivity index (χ1n) is 5.85. The molecule has 0 saturated heterocycles. The molecule has 18 heavy (non-hydrogen) atoms. The third-order valence-electron chi connectivity index (χ3n) is 2.63. The fraction of sp³-hybridized carbons (Fsp3) is 0.333. The van der Waals surface area contributed by atoms with E-state index in [0.717, 1.165) is 18.5 Å². The maximum Gasteiger partial charge on any atom is 0.323 e. The van der Waals surface area contributed by atoms with Crippen LogP contribution in [-0.4, -0.2) is 29.5 Å². The van der Waals surface area contributed by atoms with E-state index in [1.807, 2.05) is 7.05 Å². The molecule has 0 aliphatic carbocycles. The second-order valence-corrected chi connectivity index (χ2v) is 4.09. The minimum atomic E-state index is -0.248. The summed E-state index contributed by atoms with van der Waals surface area (Å²) in [6, 6.07) is 5.27. The number of hydrogen-bond donors (Lipinski definition) is 4. The van der Waals surface area contributed by atoms with Gasteiger partial charge in [0, 0.05) is 12.1 Å². The number of rotatable bonds is 5. The van der Waals surface area contributed by atoms with Crippen LogP contribution in [0, 0.1) is 0 Å². The van der Waals surface area contributed by atoms with Crippen LogP contribution in [-0.2, 0) is 4.79 Å². The zero-order valence-electron chi connectivity index (χ0n) is 10.2. The van der Waals surface area contributed by atoms with Crippen molar-refractivity contribution in [1.29, 1.82) is 0 Å². The first-order chi connectivity index (χ1) is 8.69. The minimum absolute atomic E-state index is 0.0255. The van der Waals surface area contributed by atoms with Gasteiger partial charge in [-0.2, -0.15) is 0 Å². The lowest BCUT2D eigenvalue weighted by Crippen LogP contribution is -2.15. The molecule has 0 aliphatic heterocycles. The molecule has 0 bridgehead atoms. The van der Waals surface area contributed by atoms with Gasteiger partial charge >= 0.3 is 5.69 Å². The molecule has 0 atom stereocenters. The average molecular weight is 248 g/mol. The molecule has 1 aromatic carbocycles. The van der Waals surface area contributed by atoms with Crippen molar-refractivity contribution in [2.75, 3.05) is 18.9 Å². The van der Waals surface area contributed by atoms with Crippen LogP contribution in [0.3, 0.4) is 0 Å². The molecule has 0 spiro atoms. The maximum absolute atomic E-state index is 11.6. The first kappa shape index (κ1) is 12.4. The smallest absolute Gasteiger partial charge is 0.323 e. The number of imidazole rings is 1. The largest absolute Gasteiger partial charge is 0.326 e. The Labute approximate surface area is 104 Å². The highest BCUT2D eigenvalue weighted by Crippen LogP contribution is 2.14. The number of anilines is 1. The van der Waals surface area contributed by atoms with E-state index in [9.17, 15) is 9.59 Å². The maximum atomic E-state index is 11.6. The Morgan fingerprint density at radius 2 is 2.06 bits per heavy atom. The molecule has 1 amide bonds. The second-order valence-electron chi connectivity index (χ2n) is 4.09. The summed E-state index contributed by atoms with van der Waals surface area (Å²) in [4.78, 5) is 28.0. The molecule has 0 radical (unpaired) electrons. The van der Waals surface area contributed by atoms with Gasteiger partial charge in [0.1, 0.15) is 0 Å². The van der Waals surface area contributed by atoms with Crippen molar-refractivity contribution in [2.45, 2.75) is 12.8 Å². The summed E-state index contributed by atoms with van der Waals surface area (Å²) in [5, 5.41) is 5.79. The molecule has 6 heteroatoms.